The molecule has 2 aromatic rings. The number of aryl methyl sites for hydroxylation is 2. The topological polar surface area (TPSA) is 55.9 Å². The molecule has 3 N–H and O–H groups in total. The Morgan fingerprint density at radius 1 is 1.30 bits per heavy atom. The van der Waals surface area contributed by atoms with Crippen LogP contribution in [0.15, 0.2) is 28.7 Å². The van der Waals surface area contributed by atoms with Crippen LogP contribution in [0.3, 0.4) is 0 Å². The molecule has 0 bridgehead atoms. The predicted molar refractivity (Wildman–Crippen MR) is 85.3 cm³/mol. The zero-order valence-electron chi connectivity index (χ0n) is 12.2. The largest absolute Gasteiger partial charge is 0.272 e. The van der Waals surface area contributed by atoms with E-state index in [2.05, 4.69) is 45.5 Å². The van der Waals surface area contributed by atoms with E-state index in [1.165, 1.54) is 16.8 Å². The molecule has 1 unspecified atom stereocenters. The van der Waals surface area contributed by atoms with Gasteiger partial charge in [0.2, 0.25) is 0 Å². The van der Waals surface area contributed by atoms with E-state index >= 15 is 0 Å². The molecule has 108 valence electrons. The van der Waals surface area contributed by atoms with Crippen LogP contribution in [0.5, 0.6) is 0 Å². The predicted octanol–water partition coefficient (Wildman–Crippen LogP) is 2.42. The van der Waals surface area contributed by atoms with E-state index in [0.717, 1.165) is 23.0 Å². The van der Waals surface area contributed by atoms with Gasteiger partial charge in [-0.05, 0) is 43.9 Å². The first-order chi connectivity index (χ1) is 9.52. The van der Waals surface area contributed by atoms with Crippen molar-refractivity contribution >= 4 is 15.9 Å². The van der Waals surface area contributed by atoms with E-state index in [1.807, 2.05) is 30.8 Å². The summed E-state index contributed by atoms with van der Waals surface area (Å²) in [7, 11) is 1.98. The van der Waals surface area contributed by atoms with Crippen molar-refractivity contribution < 1.29 is 0 Å². The number of hydrazine groups is 1. The Labute approximate surface area is 128 Å². The molecule has 0 aliphatic rings. The molecule has 1 atom stereocenters. The fourth-order valence-corrected chi connectivity index (χ4v) is 2.93. The van der Waals surface area contributed by atoms with Crippen molar-refractivity contribution in [2.45, 2.75) is 32.7 Å². The molecule has 0 saturated heterocycles. The van der Waals surface area contributed by atoms with E-state index < -0.39 is 0 Å². The lowest BCUT2D eigenvalue weighted by atomic mass is 9.98. The molecule has 0 radical (unpaired) electrons. The number of aromatic nitrogens is 2. The van der Waals surface area contributed by atoms with E-state index in [1.54, 1.807) is 0 Å². The van der Waals surface area contributed by atoms with Crippen LogP contribution in [0, 0.1) is 13.8 Å². The highest BCUT2D eigenvalue weighted by molar-refractivity contribution is 9.10. The number of nitrogens with zero attached hydrogens (tertiary/aromatic N) is 2. The molecule has 1 aromatic heterocycles. The highest BCUT2D eigenvalue weighted by Crippen LogP contribution is 2.20. The molecular weight excluding hydrogens is 316 g/mol. The summed E-state index contributed by atoms with van der Waals surface area (Å²) in [4.78, 5) is 0. The van der Waals surface area contributed by atoms with Gasteiger partial charge in [-0.1, -0.05) is 34.1 Å². The Morgan fingerprint density at radius 3 is 2.55 bits per heavy atom. The van der Waals surface area contributed by atoms with E-state index in [-0.39, 0.29) is 6.04 Å². The molecule has 0 saturated carbocycles. The van der Waals surface area contributed by atoms with Crippen LogP contribution in [0.2, 0.25) is 0 Å². The van der Waals surface area contributed by atoms with Gasteiger partial charge in [0.05, 0.1) is 5.69 Å². The molecule has 0 fully saturated rings. The first kappa shape index (κ1) is 15.2. The Balaban J connectivity index is 2.15. The highest BCUT2D eigenvalue weighted by atomic mass is 79.9. The number of nitrogens with two attached hydrogens (primary N) is 1. The Hall–Kier alpha value is -1.17. The van der Waals surface area contributed by atoms with Gasteiger partial charge in [-0.15, -0.1) is 0 Å². The summed E-state index contributed by atoms with van der Waals surface area (Å²) in [6.45, 7) is 4.15. The fraction of sp³-hybridized carbons (Fsp3) is 0.400. The summed E-state index contributed by atoms with van der Waals surface area (Å²) in [5.74, 6) is 5.73. The van der Waals surface area contributed by atoms with Crippen LogP contribution in [0.4, 0.5) is 0 Å². The van der Waals surface area contributed by atoms with Crippen LogP contribution in [0.1, 0.15) is 22.5 Å². The van der Waals surface area contributed by atoms with Crippen molar-refractivity contribution in [3.63, 3.8) is 0 Å². The molecule has 0 spiro atoms. The van der Waals surface area contributed by atoms with E-state index in [0.29, 0.717) is 0 Å². The van der Waals surface area contributed by atoms with Gasteiger partial charge in [-0.25, -0.2) is 0 Å². The second-order valence-electron chi connectivity index (χ2n) is 5.14. The van der Waals surface area contributed by atoms with Crippen molar-refractivity contribution in [1.82, 2.24) is 15.2 Å². The zero-order chi connectivity index (χ0) is 14.7. The lowest BCUT2D eigenvalue weighted by Crippen LogP contribution is -2.38. The molecule has 0 amide bonds. The van der Waals surface area contributed by atoms with Gasteiger partial charge >= 0.3 is 0 Å². The maximum atomic E-state index is 5.73. The van der Waals surface area contributed by atoms with Crippen molar-refractivity contribution in [3.05, 3.63) is 51.3 Å². The molecule has 1 heterocycles. The van der Waals surface area contributed by atoms with Gasteiger partial charge in [0.25, 0.3) is 0 Å². The number of hydrogen-bond acceptors (Lipinski definition) is 3. The number of benzene rings is 1. The maximum Gasteiger partial charge on any atom is 0.0628 e. The van der Waals surface area contributed by atoms with Gasteiger partial charge in [0.15, 0.2) is 0 Å². The monoisotopic (exact) mass is 336 g/mol. The average Bonchev–Trinajstić information content (AvgIpc) is 2.66. The first-order valence-electron chi connectivity index (χ1n) is 6.71. The number of hydrogen-bond donors (Lipinski definition) is 2. The zero-order valence-corrected chi connectivity index (χ0v) is 13.7. The highest BCUT2D eigenvalue weighted by Gasteiger charge is 2.16. The third-order valence-corrected chi connectivity index (χ3v) is 4.54. The lowest BCUT2D eigenvalue weighted by Gasteiger charge is -2.17. The SMILES string of the molecule is Cc1nn(C)c(C)c1CC(Cc1ccccc1Br)NN. The maximum absolute atomic E-state index is 5.73. The minimum atomic E-state index is 0.190. The van der Waals surface area contributed by atoms with Crippen LogP contribution >= 0.6 is 15.9 Å². The van der Waals surface area contributed by atoms with Crippen LogP contribution < -0.4 is 11.3 Å². The van der Waals surface area contributed by atoms with Crippen molar-refractivity contribution in [3.8, 4) is 0 Å². The summed E-state index contributed by atoms with van der Waals surface area (Å²) in [5, 5.41) is 4.46. The Morgan fingerprint density at radius 2 is 2.00 bits per heavy atom. The Bertz CT molecular complexity index is 592. The van der Waals surface area contributed by atoms with Crippen molar-refractivity contribution in [1.29, 1.82) is 0 Å². The molecule has 2 rings (SSSR count). The average molecular weight is 337 g/mol. The van der Waals surface area contributed by atoms with Gasteiger partial charge < -0.3 is 0 Å². The molecule has 0 aliphatic carbocycles. The summed E-state index contributed by atoms with van der Waals surface area (Å²) in [6.07, 6.45) is 1.76. The second-order valence-corrected chi connectivity index (χ2v) is 5.99. The summed E-state index contributed by atoms with van der Waals surface area (Å²) in [6, 6.07) is 8.44. The Kier molecular flexibility index (Phi) is 4.96. The second kappa shape index (κ2) is 6.52. The number of nitrogens with one attached hydrogen (secondary N) is 1. The van der Waals surface area contributed by atoms with E-state index in [9.17, 15) is 0 Å². The van der Waals surface area contributed by atoms with Crippen LogP contribution in [-0.2, 0) is 19.9 Å². The molecule has 1 aromatic carbocycles. The third kappa shape index (κ3) is 3.29. The minimum absolute atomic E-state index is 0.190. The van der Waals surface area contributed by atoms with Gasteiger partial charge in [-0.2, -0.15) is 5.10 Å². The summed E-state index contributed by atoms with van der Waals surface area (Å²) in [5.41, 5.74) is 7.76. The summed E-state index contributed by atoms with van der Waals surface area (Å²) < 4.78 is 3.05. The van der Waals surface area contributed by atoms with Crippen LogP contribution in [0.25, 0.3) is 0 Å². The smallest absolute Gasteiger partial charge is 0.0628 e. The molecule has 0 aliphatic heterocycles. The first-order valence-corrected chi connectivity index (χ1v) is 7.50. The lowest BCUT2D eigenvalue weighted by molar-refractivity contribution is 0.519. The molecular formula is C15H21BrN4. The molecule has 20 heavy (non-hydrogen) atoms. The standard InChI is InChI=1S/C15H21BrN4/c1-10-14(11(2)20(3)19-10)9-13(18-17)8-12-6-4-5-7-15(12)16/h4-7,13,18H,8-9,17H2,1-3H3. The number of rotatable bonds is 5. The van der Waals surface area contributed by atoms with Gasteiger partial charge in [0, 0.05) is 23.3 Å². The molecule has 4 nitrogen and oxygen atoms in total. The van der Waals surface area contributed by atoms with Crippen molar-refractivity contribution in [2.24, 2.45) is 12.9 Å². The van der Waals surface area contributed by atoms with Gasteiger partial charge in [0.1, 0.15) is 0 Å². The number of halogens is 1. The van der Waals surface area contributed by atoms with Crippen LogP contribution in [-0.4, -0.2) is 15.8 Å². The fourth-order valence-electron chi connectivity index (χ4n) is 2.48. The normalized spacial score (nSPS) is 12.7. The quantitative estimate of drug-likeness (QED) is 0.651. The van der Waals surface area contributed by atoms with Crippen molar-refractivity contribution in [2.75, 3.05) is 0 Å². The molecule has 5 heteroatoms. The van der Waals surface area contributed by atoms with Gasteiger partial charge in [-0.3, -0.25) is 16.0 Å². The third-order valence-electron chi connectivity index (χ3n) is 3.77. The minimum Gasteiger partial charge on any atom is -0.272 e. The van der Waals surface area contributed by atoms with E-state index in [4.69, 9.17) is 5.84 Å². The summed E-state index contributed by atoms with van der Waals surface area (Å²) >= 11 is 3.59.